The predicted molar refractivity (Wildman–Crippen MR) is 126 cm³/mol. The zero-order valence-electron chi connectivity index (χ0n) is 20.2. The van der Waals surface area contributed by atoms with Gasteiger partial charge in [0.25, 0.3) is 5.69 Å². The number of halogens is 6. The number of non-ortho nitro benzene ring substituents is 1. The largest absolute Gasteiger partial charge is 0.454 e. The first-order valence-corrected chi connectivity index (χ1v) is 13.0. The van der Waals surface area contributed by atoms with E-state index in [1.807, 2.05) is 0 Å². The van der Waals surface area contributed by atoms with E-state index in [0.717, 1.165) is 34.6 Å². The number of ether oxygens (including phenoxy) is 1. The Morgan fingerprint density at radius 3 is 2.27 bits per heavy atom. The van der Waals surface area contributed by atoms with Crippen LogP contribution in [0.2, 0.25) is 0 Å². The Hall–Kier alpha value is -3.86. The summed E-state index contributed by atoms with van der Waals surface area (Å²) < 4.78 is 110. The minimum atomic E-state index is -4.74. The maximum Gasteiger partial charge on any atom is 0.422 e. The van der Waals surface area contributed by atoms with Crippen molar-refractivity contribution in [1.29, 1.82) is 0 Å². The van der Waals surface area contributed by atoms with E-state index in [0.29, 0.717) is 0 Å². The molecule has 2 heterocycles. The monoisotopic (exact) mass is 591 g/mol. The van der Waals surface area contributed by atoms with E-state index in [1.165, 1.54) is 18.2 Å². The van der Waals surface area contributed by atoms with Crippen molar-refractivity contribution in [2.45, 2.75) is 36.0 Å². The lowest BCUT2D eigenvalue weighted by Crippen LogP contribution is -2.38. The molecule has 1 fully saturated rings. The van der Waals surface area contributed by atoms with Crippen LogP contribution in [0.15, 0.2) is 53.4 Å². The van der Waals surface area contributed by atoms with Gasteiger partial charge in [0.2, 0.25) is 10.0 Å². The molecule has 10 nitrogen and oxygen atoms in total. The van der Waals surface area contributed by atoms with E-state index >= 15 is 0 Å². The number of hydrogen-bond acceptors (Lipinski definition) is 8. The molecule has 0 amide bonds. The van der Waals surface area contributed by atoms with Gasteiger partial charge in [-0.15, -0.1) is 0 Å². The molecule has 40 heavy (non-hydrogen) atoms. The Kier molecular flexibility index (Phi) is 7.98. The summed E-state index contributed by atoms with van der Waals surface area (Å²) in [7, 11) is -4.11. The zero-order valence-corrected chi connectivity index (χ0v) is 21.0. The van der Waals surface area contributed by atoms with Gasteiger partial charge < -0.3 is 4.74 Å². The maximum absolute atomic E-state index is 13.2. The lowest BCUT2D eigenvalue weighted by molar-refractivity contribution is -0.385. The van der Waals surface area contributed by atoms with Crippen molar-refractivity contribution in [3.8, 4) is 17.4 Å². The SMILES string of the molecule is O=[N+]([O-])c1cccc(S(=O)(=O)N2CCC(c3nc(OCC(F)(F)F)nc(-c4cccc(C(F)(F)F)c4)n3)CC2)c1. The van der Waals surface area contributed by atoms with E-state index in [2.05, 4.69) is 19.7 Å². The van der Waals surface area contributed by atoms with Gasteiger partial charge in [0, 0.05) is 36.7 Å². The van der Waals surface area contributed by atoms with E-state index in [4.69, 9.17) is 0 Å². The van der Waals surface area contributed by atoms with Crippen LogP contribution in [0.3, 0.4) is 0 Å². The van der Waals surface area contributed by atoms with Crippen LogP contribution in [-0.4, -0.2) is 58.5 Å². The normalized spacial score (nSPS) is 15.7. The molecule has 1 aliphatic rings. The van der Waals surface area contributed by atoms with Crippen LogP contribution in [0, 0.1) is 10.1 Å². The number of hydrogen-bond donors (Lipinski definition) is 0. The molecule has 3 aromatic rings. The second kappa shape index (κ2) is 11.0. The number of piperidine rings is 1. The fourth-order valence-electron chi connectivity index (χ4n) is 3.99. The molecule has 1 aliphatic heterocycles. The molecular formula is C23H19F6N5O5S. The highest BCUT2D eigenvalue weighted by Gasteiger charge is 2.34. The molecule has 2 aromatic carbocycles. The topological polar surface area (TPSA) is 128 Å². The fraction of sp³-hybridized carbons (Fsp3) is 0.348. The number of nitro groups is 1. The lowest BCUT2D eigenvalue weighted by atomic mass is 9.97. The molecule has 0 aliphatic carbocycles. The maximum atomic E-state index is 13.2. The third-order valence-corrected chi connectivity index (χ3v) is 7.83. The molecule has 0 atom stereocenters. The van der Waals surface area contributed by atoms with Crippen molar-refractivity contribution in [3.05, 3.63) is 70.0 Å². The Bertz CT molecular complexity index is 1510. The summed E-state index contributed by atoms with van der Waals surface area (Å²) in [6.45, 7) is -1.92. The van der Waals surface area contributed by atoms with Crippen molar-refractivity contribution in [3.63, 3.8) is 0 Å². The Morgan fingerprint density at radius 1 is 0.975 bits per heavy atom. The molecule has 0 spiro atoms. The van der Waals surface area contributed by atoms with E-state index in [1.54, 1.807) is 0 Å². The highest BCUT2D eigenvalue weighted by Crippen LogP contribution is 2.34. The number of sulfonamides is 1. The Labute approximate surface area is 222 Å². The molecule has 0 saturated carbocycles. The number of nitrogens with zero attached hydrogens (tertiary/aromatic N) is 5. The molecule has 4 rings (SSSR count). The molecule has 0 unspecified atom stereocenters. The number of rotatable bonds is 7. The third-order valence-electron chi connectivity index (χ3n) is 5.93. The summed E-state index contributed by atoms with van der Waals surface area (Å²) in [6.07, 6.45) is -9.24. The number of aromatic nitrogens is 3. The summed E-state index contributed by atoms with van der Waals surface area (Å²) in [5.41, 5.74) is -1.57. The first-order valence-electron chi connectivity index (χ1n) is 11.5. The molecule has 0 N–H and O–H groups in total. The molecular weight excluding hydrogens is 572 g/mol. The average Bonchev–Trinajstić information content (AvgIpc) is 2.91. The lowest BCUT2D eigenvalue weighted by Gasteiger charge is -2.30. The van der Waals surface area contributed by atoms with Gasteiger partial charge >= 0.3 is 18.4 Å². The number of nitro benzene ring substituents is 1. The molecule has 1 aromatic heterocycles. The van der Waals surface area contributed by atoms with Gasteiger partial charge in [-0.05, 0) is 31.0 Å². The summed E-state index contributed by atoms with van der Waals surface area (Å²) in [4.78, 5) is 21.9. The summed E-state index contributed by atoms with van der Waals surface area (Å²) in [5, 5.41) is 11.0. The standard InChI is InChI=1S/C23H19F6N5O5S/c24-22(25,26)13-39-21-31-19(30-20(32-21)15-3-1-4-16(11-15)23(27,28)29)14-7-9-33(10-8-14)40(37,38)18-6-2-5-17(12-18)34(35)36/h1-6,11-12,14H,7-10,13H2. The van der Waals surface area contributed by atoms with E-state index < -0.39 is 57.1 Å². The number of alkyl halides is 6. The van der Waals surface area contributed by atoms with Crippen molar-refractivity contribution in [1.82, 2.24) is 19.3 Å². The van der Waals surface area contributed by atoms with Crippen LogP contribution < -0.4 is 4.74 Å². The van der Waals surface area contributed by atoms with Crippen molar-refractivity contribution >= 4 is 15.7 Å². The molecule has 0 bridgehead atoms. The van der Waals surface area contributed by atoms with Crippen LogP contribution in [0.4, 0.5) is 32.0 Å². The van der Waals surface area contributed by atoms with Gasteiger partial charge in [0.1, 0.15) is 5.82 Å². The number of benzene rings is 2. The van der Waals surface area contributed by atoms with Gasteiger partial charge in [0.15, 0.2) is 12.4 Å². The third kappa shape index (κ3) is 6.82. The second-order valence-electron chi connectivity index (χ2n) is 8.72. The molecule has 1 saturated heterocycles. The van der Waals surface area contributed by atoms with Crippen molar-refractivity contribution in [2.75, 3.05) is 19.7 Å². The molecule has 214 valence electrons. The minimum absolute atomic E-state index is 0.0769. The van der Waals surface area contributed by atoms with Gasteiger partial charge in [-0.25, -0.2) is 13.4 Å². The van der Waals surface area contributed by atoms with Crippen molar-refractivity contribution in [2.24, 2.45) is 0 Å². The quantitative estimate of drug-likeness (QED) is 0.214. The van der Waals surface area contributed by atoms with Gasteiger partial charge in [0.05, 0.1) is 15.4 Å². The van der Waals surface area contributed by atoms with Crippen LogP contribution in [0.1, 0.15) is 30.1 Å². The van der Waals surface area contributed by atoms with Crippen LogP contribution in [-0.2, 0) is 16.2 Å². The Morgan fingerprint density at radius 2 is 1.65 bits per heavy atom. The predicted octanol–water partition coefficient (Wildman–Crippen LogP) is 4.98. The summed E-state index contributed by atoms with van der Waals surface area (Å²) in [5.74, 6) is -1.02. The Balaban J connectivity index is 1.61. The van der Waals surface area contributed by atoms with Crippen LogP contribution in [0.25, 0.3) is 11.4 Å². The fourth-order valence-corrected chi connectivity index (χ4v) is 5.50. The first kappa shape index (κ1) is 29.1. The average molecular weight is 591 g/mol. The van der Waals surface area contributed by atoms with Crippen LogP contribution >= 0.6 is 0 Å². The zero-order chi connectivity index (χ0) is 29.3. The van der Waals surface area contributed by atoms with Crippen molar-refractivity contribution < 1.29 is 44.4 Å². The van der Waals surface area contributed by atoms with Gasteiger partial charge in [-0.3, -0.25) is 10.1 Å². The molecule has 0 radical (unpaired) electrons. The van der Waals surface area contributed by atoms with Gasteiger partial charge in [-0.1, -0.05) is 18.2 Å². The van der Waals surface area contributed by atoms with Crippen LogP contribution in [0.5, 0.6) is 6.01 Å². The second-order valence-corrected chi connectivity index (χ2v) is 10.7. The van der Waals surface area contributed by atoms with E-state index in [-0.39, 0.29) is 48.0 Å². The summed E-state index contributed by atoms with van der Waals surface area (Å²) >= 11 is 0. The smallest absolute Gasteiger partial charge is 0.422 e. The highest BCUT2D eigenvalue weighted by atomic mass is 32.2. The first-order chi connectivity index (χ1) is 18.6. The molecule has 17 heteroatoms. The highest BCUT2D eigenvalue weighted by molar-refractivity contribution is 7.89. The van der Waals surface area contributed by atoms with Gasteiger partial charge in [-0.2, -0.15) is 40.6 Å². The minimum Gasteiger partial charge on any atom is -0.454 e. The van der Waals surface area contributed by atoms with E-state index in [9.17, 15) is 44.9 Å². The summed E-state index contributed by atoms with van der Waals surface area (Å²) in [6, 6.07) is 7.66.